The van der Waals surface area contributed by atoms with Crippen molar-refractivity contribution in [3.63, 3.8) is 0 Å². The molecule has 0 atom stereocenters. The lowest BCUT2D eigenvalue weighted by atomic mass is 10.3. The Bertz CT molecular complexity index is 823. The van der Waals surface area contributed by atoms with Crippen LogP contribution in [0.5, 0.6) is 5.75 Å². The first-order chi connectivity index (χ1) is 10.3. The highest BCUT2D eigenvalue weighted by molar-refractivity contribution is 7.92. The van der Waals surface area contributed by atoms with E-state index in [0.29, 0.717) is 0 Å². The SMILES string of the molecule is O=S(=O)(CCCS(=O)(=O)c1ccc(O)cc1)c1ccccc1. The number of sulfone groups is 2. The third kappa shape index (κ3) is 4.08. The minimum Gasteiger partial charge on any atom is -0.508 e. The van der Waals surface area contributed by atoms with Crippen LogP contribution < -0.4 is 0 Å². The lowest BCUT2D eigenvalue weighted by Crippen LogP contribution is -2.13. The topological polar surface area (TPSA) is 88.5 Å². The van der Waals surface area contributed by atoms with Crippen LogP contribution in [-0.2, 0) is 19.7 Å². The maximum absolute atomic E-state index is 12.1. The molecule has 7 heteroatoms. The van der Waals surface area contributed by atoms with Crippen LogP contribution in [0.1, 0.15) is 6.42 Å². The van der Waals surface area contributed by atoms with Crippen LogP contribution in [-0.4, -0.2) is 33.4 Å². The summed E-state index contributed by atoms with van der Waals surface area (Å²) >= 11 is 0. The van der Waals surface area contributed by atoms with E-state index in [9.17, 15) is 16.8 Å². The fourth-order valence-corrected chi connectivity index (χ4v) is 4.78. The normalized spacial score (nSPS) is 12.2. The highest BCUT2D eigenvalue weighted by atomic mass is 32.2. The van der Waals surface area contributed by atoms with Crippen molar-refractivity contribution in [2.75, 3.05) is 11.5 Å². The first-order valence-electron chi connectivity index (χ1n) is 6.61. The fraction of sp³-hybridized carbons (Fsp3) is 0.200. The molecule has 0 unspecified atom stereocenters. The number of aromatic hydroxyl groups is 1. The van der Waals surface area contributed by atoms with Crippen molar-refractivity contribution >= 4 is 19.7 Å². The molecular formula is C15H16O5S2. The van der Waals surface area contributed by atoms with Crippen LogP contribution in [0.2, 0.25) is 0 Å². The monoisotopic (exact) mass is 340 g/mol. The number of hydrogen-bond acceptors (Lipinski definition) is 5. The maximum atomic E-state index is 12.1. The molecule has 0 saturated heterocycles. The molecule has 0 heterocycles. The summed E-state index contributed by atoms with van der Waals surface area (Å²) in [4.78, 5) is 0.263. The molecule has 0 amide bonds. The van der Waals surface area contributed by atoms with Gasteiger partial charge in [-0.1, -0.05) is 18.2 Å². The molecule has 0 bridgehead atoms. The first-order valence-corrected chi connectivity index (χ1v) is 9.91. The summed E-state index contributed by atoms with van der Waals surface area (Å²) in [5.74, 6) is -0.511. The Labute approximate surface area is 130 Å². The molecule has 0 spiro atoms. The second kappa shape index (κ2) is 6.50. The molecule has 2 aromatic rings. The minimum absolute atomic E-state index is 0.0143. The van der Waals surface area contributed by atoms with Gasteiger partial charge in [0.1, 0.15) is 5.75 Å². The van der Waals surface area contributed by atoms with Crippen molar-refractivity contribution in [3.8, 4) is 5.75 Å². The molecular weight excluding hydrogens is 324 g/mol. The van der Waals surface area contributed by atoms with E-state index in [1.54, 1.807) is 18.2 Å². The van der Waals surface area contributed by atoms with Gasteiger partial charge in [0.2, 0.25) is 0 Å². The Hall–Kier alpha value is -1.86. The summed E-state index contributed by atoms with van der Waals surface area (Å²) in [6.07, 6.45) is 0.0143. The third-order valence-electron chi connectivity index (χ3n) is 3.12. The summed E-state index contributed by atoms with van der Waals surface area (Å²) < 4.78 is 48.3. The molecule has 0 aromatic heterocycles. The Balaban J connectivity index is 2.03. The van der Waals surface area contributed by atoms with Crippen molar-refractivity contribution in [2.45, 2.75) is 16.2 Å². The molecule has 0 saturated carbocycles. The van der Waals surface area contributed by atoms with Gasteiger partial charge in [0, 0.05) is 0 Å². The third-order valence-corrected chi connectivity index (χ3v) is 6.76. The number of hydrogen-bond donors (Lipinski definition) is 1. The molecule has 1 N–H and O–H groups in total. The van der Waals surface area contributed by atoms with Crippen molar-refractivity contribution in [1.29, 1.82) is 0 Å². The summed E-state index contributed by atoms with van der Waals surface area (Å²) in [6.45, 7) is 0. The van der Waals surface area contributed by atoms with Gasteiger partial charge in [-0.15, -0.1) is 0 Å². The van der Waals surface area contributed by atoms with Gasteiger partial charge < -0.3 is 5.11 Å². The second-order valence-corrected chi connectivity index (χ2v) is 9.02. The van der Waals surface area contributed by atoms with Gasteiger partial charge in [-0.3, -0.25) is 0 Å². The van der Waals surface area contributed by atoms with Crippen LogP contribution in [0.4, 0.5) is 0 Å². The standard InChI is InChI=1S/C15H16O5S2/c16-13-7-9-15(10-8-13)22(19,20)12-4-11-21(17,18)14-5-2-1-3-6-14/h1-3,5-10,16H,4,11-12H2. The average molecular weight is 340 g/mol. The van der Waals surface area contributed by atoms with Crippen LogP contribution in [0.3, 0.4) is 0 Å². The van der Waals surface area contributed by atoms with E-state index >= 15 is 0 Å². The molecule has 0 radical (unpaired) electrons. The van der Waals surface area contributed by atoms with Gasteiger partial charge in [0.05, 0.1) is 21.3 Å². The molecule has 22 heavy (non-hydrogen) atoms. The van der Waals surface area contributed by atoms with Gasteiger partial charge in [-0.2, -0.15) is 0 Å². The predicted molar refractivity (Wildman–Crippen MR) is 83.3 cm³/mol. The van der Waals surface area contributed by atoms with Crippen molar-refractivity contribution in [2.24, 2.45) is 0 Å². The van der Waals surface area contributed by atoms with E-state index in [4.69, 9.17) is 5.11 Å². The zero-order chi connectivity index (χ0) is 16.2. The molecule has 2 rings (SSSR count). The van der Waals surface area contributed by atoms with E-state index in [2.05, 4.69) is 0 Å². The number of phenols is 1. The Morgan fingerprint density at radius 3 is 1.64 bits per heavy atom. The Kier molecular flexibility index (Phi) is 4.87. The van der Waals surface area contributed by atoms with E-state index < -0.39 is 19.7 Å². The zero-order valence-corrected chi connectivity index (χ0v) is 13.3. The molecule has 0 fully saturated rings. The lowest BCUT2D eigenvalue weighted by molar-refractivity contribution is 0.475. The Morgan fingerprint density at radius 2 is 1.14 bits per heavy atom. The van der Waals surface area contributed by atoms with Crippen molar-refractivity contribution in [3.05, 3.63) is 54.6 Å². The van der Waals surface area contributed by atoms with Gasteiger partial charge in [-0.25, -0.2) is 16.8 Å². The van der Waals surface area contributed by atoms with E-state index in [0.717, 1.165) is 0 Å². The molecule has 5 nitrogen and oxygen atoms in total. The smallest absolute Gasteiger partial charge is 0.178 e. The van der Waals surface area contributed by atoms with E-state index in [1.807, 2.05) is 0 Å². The molecule has 2 aromatic carbocycles. The van der Waals surface area contributed by atoms with E-state index in [-0.39, 0.29) is 33.5 Å². The average Bonchev–Trinajstić information content (AvgIpc) is 2.48. The van der Waals surface area contributed by atoms with Crippen molar-refractivity contribution < 1.29 is 21.9 Å². The van der Waals surface area contributed by atoms with Crippen LogP contribution in [0.25, 0.3) is 0 Å². The summed E-state index contributed by atoms with van der Waals surface area (Å²) in [5, 5.41) is 9.16. The summed E-state index contributed by atoms with van der Waals surface area (Å²) in [6, 6.07) is 13.1. The minimum atomic E-state index is -3.56. The summed E-state index contributed by atoms with van der Waals surface area (Å²) in [5.41, 5.74) is 0. The highest BCUT2D eigenvalue weighted by Crippen LogP contribution is 2.17. The van der Waals surface area contributed by atoms with Crippen LogP contribution in [0, 0.1) is 0 Å². The van der Waals surface area contributed by atoms with Crippen LogP contribution in [0.15, 0.2) is 64.4 Å². The van der Waals surface area contributed by atoms with Gasteiger partial charge in [0.25, 0.3) is 0 Å². The predicted octanol–water partition coefficient (Wildman–Crippen LogP) is 2.03. The Morgan fingerprint density at radius 1 is 0.682 bits per heavy atom. The first kappa shape index (κ1) is 16.5. The fourth-order valence-electron chi connectivity index (χ4n) is 1.96. The van der Waals surface area contributed by atoms with Gasteiger partial charge in [-0.05, 0) is 42.8 Å². The lowest BCUT2D eigenvalue weighted by Gasteiger charge is -2.06. The largest absolute Gasteiger partial charge is 0.508 e. The number of rotatable bonds is 6. The van der Waals surface area contributed by atoms with Gasteiger partial charge >= 0.3 is 0 Å². The maximum Gasteiger partial charge on any atom is 0.178 e. The quantitative estimate of drug-likeness (QED) is 0.869. The zero-order valence-electron chi connectivity index (χ0n) is 11.7. The molecule has 0 aliphatic rings. The van der Waals surface area contributed by atoms with Crippen molar-refractivity contribution in [1.82, 2.24) is 0 Å². The summed E-state index contributed by atoms with van der Waals surface area (Å²) in [7, 11) is -7.03. The second-order valence-electron chi connectivity index (χ2n) is 4.80. The number of benzene rings is 2. The molecule has 0 aliphatic heterocycles. The van der Waals surface area contributed by atoms with Gasteiger partial charge in [0.15, 0.2) is 19.7 Å². The van der Waals surface area contributed by atoms with Crippen LogP contribution >= 0.6 is 0 Å². The highest BCUT2D eigenvalue weighted by Gasteiger charge is 2.18. The van der Waals surface area contributed by atoms with E-state index in [1.165, 1.54) is 36.4 Å². The molecule has 0 aliphatic carbocycles. The number of phenolic OH excluding ortho intramolecular Hbond substituents is 1. The molecule has 118 valence electrons.